The second-order valence-electron chi connectivity index (χ2n) is 8.95. The Morgan fingerprint density at radius 2 is 1.79 bits per heavy atom. The van der Waals surface area contributed by atoms with E-state index in [0.717, 1.165) is 12.8 Å². The molecule has 5 N–H and O–H groups in total. The Labute approximate surface area is 227 Å². The van der Waals surface area contributed by atoms with Gasteiger partial charge in [0, 0.05) is 24.5 Å². The number of benzene rings is 1. The summed E-state index contributed by atoms with van der Waals surface area (Å²) in [5.41, 5.74) is 5.73. The normalized spacial score (nSPS) is 11.7. The highest BCUT2D eigenvalue weighted by Crippen LogP contribution is 2.12. The van der Waals surface area contributed by atoms with E-state index in [-0.39, 0.29) is 42.2 Å². The average Bonchev–Trinajstić information content (AvgIpc) is 2.93. The highest BCUT2D eigenvalue weighted by molar-refractivity contribution is 6.03. The Morgan fingerprint density at radius 3 is 2.46 bits per heavy atom. The lowest BCUT2D eigenvalue weighted by Crippen LogP contribution is -2.45. The molecule has 0 spiro atoms. The topological polar surface area (TPSA) is 162 Å². The minimum atomic E-state index is -1.06. The third-order valence-electron chi connectivity index (χ3n) is 6.24. The number of aromatic nitrogens is 1. The summed E-state index contributed by atoms with van der Waals surface area (Å²) in [5, 5.41) is 8.04. The molecule has 210 valence electrons. The van der Waals surface area contributed by atoms with E-state index < -0.39 is 29.4 Å². The molecule has 1 heterocycles. The number of nitrogen functional groups attached to an aromatic ring is 1. The molecule has 0 radical (unpaired) electrons. The number of carbonyl (C=O) groups is 4. The van der Waals surface area contributed by atoms with Gasteiger partial charge in [-0.3, -0.25) is 19.2 Å². The first-order chi connectivity index (χ1) is 18.7. The van der Waals surface area contributed by atoms with E-state index in [1.54, 1.807) is 24.3 Å². The van der Waals surface area contributed by atoms with E-state index >= 15 is 0 Å². The molecule has 0 aliphatic carbocycles. The maximum Gasteiger partial charge on any atom is 0.330 e. The van der Waals surface area contributed by atoms with Crippen molar-refractivity contribution in [2.45, 2.75) is 52.1 Å². The zero-order valence-electron chi connectivity index (χ0n) is 22.6. The number of hydrogen-bond acceptors (Lipinski definition) is 7. The number of nitrogens with zero attached hydrogens (tertiary/aromatic N) is 1. The van der Waals surface area contributed by atoms with Crippen molar-refractivity contribution in [3.63, 3.8) is 0 Å². The van der Waals surface area contributed by atoms with Gasteiger partial charge in [0.1, 0.15) is 18.3 Å². The molecule has 2 rings (SSSR count). The maximum atomic E-state index is 13.2. The molecule has 0 fully saturated rings. The van der Waals surface area contributed by atoms with Crippen LogP contribution in [0.2, 0.25) is 0 Å². The van der Waals surface area contributed by atoms with E-state index in [4.69, 9.17) is 5.73 Å². The molecule has 1 atom stereocenters. The van der Waals surface area contributed by atoms with E-state index in [1.807, 2.05) is 0 Å². The summed E-state index contributed by atoms with van der Waals surface area (Å²) >= 11 is 0. The molecule has 0 aliphatic heterocycles. The smallest absolute Gasteiger partial charge is 0.330 e. The predicted octanol–water partition coefficient (Wildman–Crippen LogP) is 2.23. The maximum absolute atomic E-state index is 13.2. The van der Waals surface area contributed by atoms with Crippen molar-refractivity contribution in [1.82, 2.24) is 15.2 Å². The number of anilines is 2. The fraction of sp³-hybridized carbons (Fsp3) is 0.393. The summed E-state index contributed by atoms with van der Waals surface area (Å²) in [5.74, 6) is -1.71. The fourth-order valence-corrected chi connectivity index (χ4v) is 3.74. The third kappa shape index (κ3) is 9.76. The van der Waals surface area contributed by atoms with Crippen LogP contribution >= 0.6 is 0 Å². The minimum Gasteiger partial charge on any atom is -0.466 e. The second kappa shape index (κ2) is 15.8. The van der Waals surface area contributed by atoms with Gasteiger partial charge >= 0.3 is 5.97 Å². The van der Waals surface area contributed by atoms with Crippen molar-refractivity contribution in [2.24, 2.45) is 5.92 Å². The molecule has 0 saturated heterocycles. The fourth-order valence-electron chi connectivity index (χ4n) is 3.74. The summed E-state index contributed by atoms with van der Waals surface area (Å²) in [7, 11) is 1.25. The number of para-hydroxylation sites is 1. The van der Waals surface area contributed by atoms with Gasteiger partial charge in [-0.25, -0.2) is 4.79 Å². The van der Waals surface area contributed by atoms with E-state index in [0.29, 0.717) is 12.5 Å². The van der Waals surface area contributed by atoms with Crippen LogP contribution < -0.4 is 27.2 Å². The molecule has 0 bridgehead atoms. The van der Waals surface area contributed by atoms with Gasteiger partial charge < -0.3 is 31.0 Å². The van der Waals surface area contributed by atoms with Gasteiger partial charge in [-0.2, -0.15) is 0 Å². The quantitative estimate of drug-likeness (QED) is 0.163. The van der Waals surface area contributed by atoms with Crippen LogP contribution in [-0.2, 0) is 25.7 Å². The van der Waals surface area contributed by atoms with Gasteiger partial charge in [0.05, 0.1) is 12.7 Å². The van der Waals surface area contributed by atoms with Crippen LogP contribution in [-0.4, -0.2) is 48.0 Å². The van der Waals surface area contributed by atoms with Crippen molar-refractivity contribution in [3.05, 3.63) is 70.7 Å². The van der Waals surface area contributed by atoms with Crippen molar-refractivity contribution >= 4 is 35.1 Å². The molecule has 39 heavy (non-hydrogen) atoms. The first-order valence-electron chi connectivity index (χ1n) is 12.9. The Balaban J connectivity index is 2.16. The van der Waals surface area contributed by atoms with E-state index in [2.05, 4.69) is 34.5 Å². The summed E-state index contributed by atoms with van der Waals surface area (Å²) < 4.78 is 5.76. The molecule has 3 amide bonds. The molecule has 0 aliphatic rings. The average molecular weight is 540 g/mol. The van der Waals surface area contributed by atoms with Crippen LogP contribution in [0.25, 0.3) is 0 Å². The minimum absolute atomic E-state index is 0.0427. The second-order valence-corrected chi connectivity index (χ2v) is 8.95. The molecule has 11 heteroatoms. The lowest BCUT2D eigenvalue weighted by molar-refractivity contribution is -0.134. The highest BCUT2D eigenvalue weighted by Gasteiger charge is 2.23. The number of amides is 3. The summed E-state index contributed by atoms with van der Waals surface area (Å²) in [4.78, 5) is 62.7. The Kier molecular flexibility index (Phi) is 12.4. The monoisotopic (exact) mass is 539 g/mol. The van der Waals surface area contributed by atoms with Gasteiger partial charge in [-0.15, -0.1) is 0 Å². The van der Waals surface area contributed by atoms with Gasteiger partial charge in [-0.1, -0.05) is 44.9 Å². The highest BCUT2D eigenvalue weighted by atomic mass is 16.5. The number of methoxy groups -OCH3 is 1. The molecule has 1 aromatic heterocycles. The van der Waals surface area contributed by atoms with Gasteiger partial charge in [0.2, 0.25) is 11.8 Å². The lowest BCUT2D eigenvalue weighted by atomic mass is 10.0. The molecule has 1 aromatic carbocycles. The Hall–Kier alpha value is -4.41. The van der Waals surface area contributed by atoms with Gasteiger partial charge in [0.15, 0.2) is 0 Å². The summed E-state index contributed by atoms with van der Waals surface area (Å²) in [6, 6.07) is 8.33. The summed E-state index contributed by atoms with van der Waals surface area (Å²) in [6.07, 6.45) is 6.45. The standard InChI is InChI=1S/C28H37N5O6/c1-4-19(5-2)17-30-24(34)18-33-16-10-14-23(28(33)38)32-27(37)22(13-8-9-15-25(35)39-3)31-26(36)20-11-6-7-12-21(20)29/h6-7,9-12,14-16,19,22H,4-5,8,13,17-18,29H2,1-3H3,(H,30,34)(H,31,36)(H,32,37). The van der Waals surface area contributed by atoms with Crippen LogP contribution in [0.4, 0.5) is 11.4 Å². The number of ether oxygens (including phenoxy) is 1. The van der Waals surface area contributed by atoms with Crippen LogP contribution in [0.5, 0.6) is 0 Å². The van der Waals surface area contributed by atoms with Crippen LogP contribution in [0, 0.1) is 5.92 Å². The van der Waals surface area contributed by atoms with Crippen LogP contribution in [0.15, 0.2) is 59.5 Å². The first-order valence-corrected chi connectivity index (χ1v) is 12.9. The van der Waals surface area contributed by atoms with Gasteiger partial charge in [0.25, 0.3) is 11.5 Å². The number of rotatable bonds is 14. The zero-order chi connectivity index (χ0) is 28.8. The van der Waals surface area contributed by atoms with Crippen molar-refractivity contribution in [2.75, 3.05) is 24.7 Å². The molecule has 11 nitrogen and oxygen atoms in total. The van der Waals surface area contributed by atoms with Crippen molar-refractivity contribution < 1.29 is 23.9 Å². The van der Waals surface area contributed by atoms with Crippen molar-refractivity contribution in [1.29, 1.82) is 0 Å². The molecular formula is C28H37N5O6. The number of nitrogens with one attached hydrogen (secondary N) is 3. The number of esters is 1. The summed E-state index contributed by atoms with van der Waals surface area (Å²) in [6.45, 7) is 4.43. The predicted molar refractivity (Wildman–Crippen MR) is 149 cm³/mol. The SMILES string of the molecule is CCC(CC)CNC(=O)Cn1cccc(NC(=O)C(CCC=CC(=O)OC)NC(=O)c2ccccc2N)c1=O. The molecular weight excluding hydrogens is 502 g/mol. The number of allylic oxidation sites excluding steroid dienone is 1. The number of nitrogens with two attached hydrogens (primary N) is 1. The van der Waals surface area contributed by atoms with Gasteiger partial charge in [-0.05, 0) is 43.0 Å². The lowest BCUT2D eigenvalue weighted by Gasteiger charge is -2.19. The molecule has 2 aromatic rings. The van der Waals surface area contributed by atoms with Crippen LogP contribution in [0.1, 0.15) is 49.9 Å². The zero-order valence-corrected chi connectivity index (χ0v) is 22.6. The molecule has 1 unspecified atom stereocenters. The number of hydrogen-bond donors (Lipinski definition) is 4. The molecule has 0 saturated carbocycles. The first kappa shape index (κ1) is 30.8. The largest absolute Gasteiger partial charge is 0.466 e. The number of pyridine rings is 1. The Bertz CT molecular complexity index is 1230. The van der Waals surface area contributed by atoms with Crippen LogP contribution in [0.3, 0.4) is 0 Å². The Morgan fingerprint density at radius 1 is 1.08 bits per heavy atom. The third-order valence-corrected chi connectivity index (χ3v) is 6.24. The van der Waals surface area contributed by atoms with E-state index in [1.165, 1.54) is 42.2 Å². The van der Waals surface area contributed by atoms with Crippen molar-refractivity contribution in [3.8, 4) is 0 Å². The number of carbonyl (C=O) groups excluding carboxylic acids is 4. The van der Waals surface area contributed by atoms with E-state index in [9.17, 15) is 24.0 Å².